The summed E-state index contributed by atoms with van der Waals surface area (Å²) in [5.74, 6) is -0.305. The summed E-state index contributed by atoms with van der Waals surface area (Å²) in [6.07, 6.45) is 87.7. The molecule has 0 aromatic carbocycles. The lowest BCUT2D eigenvalue weighted by molar-refractivity contribution is -0.124. The standard InChI is InChI=1S/C72H143NO4/c1-3-5-7-9-11-13-15-17-19-21-23-25-27-29-30-31-32-33-34-35-36-37-38-39-40-42-43-45-47-49-51-53-55-57-59-61-63-65-69(75)67-72(77)73-70(68-74)71(76)66-64-62-60-58-56-54-52-50-48-46-44-41-28-26-24-22-20-18-16-14-12-10-8-6-4-2/h64,66,69-71,74-76H,3-63,65,67-68H2,1-2H3,(H,73,77)/b66-64+. The summed E-state index contributed by atoms with van der Waals surface area (Å²) >= 11 is 0. The van der Waals surface area contributed by atoms with Crippen LogP contribution >= 0.6 is 0 Å². The maximum absolute atomic E-state index is 12.6. The lowest BCUT2D eigenvalue weighted by atomic mass is 10.0. The summed E-state index contributed by atoms with van der Waals surface area (Å²) in [6, 6.07) is -0.743. The number of hydrogen-bond donors (Lipinski definition) is 4. The minimum absolute atomic E-state index is 0.0200. The maximum atomic E-state index is 12.6. The van der Waals surface area contributed by atoms with Crippen molar-refractivity contribution in [2.45, 2.75) is 437 Å². The van der Waals surface area contributed by atoms with Gasteiger partial charge in [-0.15, -0.1) is 0 Å². The van der Waals surface area contributed by atoms with Gasteiger partial charge in [0, 0.05) is 0 Å². The van der Waals surface area contributed by atoms with Crippen molar-refractivity contribution in [3.8, 4) is 0 Å². The second-order valence-corrected chi connectivity index (χ2v) is 25.2. The molecule has 3 atom stereocenters. The lowest BCUT2D eigenvalue weighted by Gasteiger charge is -2.21. The third kappa shape index (κ3) is 64.1. The zero-order chi connectivity index (χ0) is 55.7. The van der Waals surface area contributed by atoms with Crippen molar-refractivity contribution >= 4 is 5.91 Å². The SMILES string of the molecule is CCCCCCCCCCCCCCCCCCCCCCCCC/C=C/C(O)C(CO)NC(=O)CC(O)CCCCCCCCCCCCCCCCCCCCCCCCCCCCCCCCCCCCCCC. The van der Waals surface area contributed by atoms with E-state index in [0.29, 0.717) is 6.42 Å². The maximum Gasteiger partial charge on any atom is 0.222 e. The first-order valence-electron chi connectivity index (χ1n) is 36.0. The summed E-state index contributed by atoms with van der Waals surface area (Å²) in [7, 11) is 0. The van der Waals surface area contributed by atoms with Gasteiger partial charge in [0.1, 0.15) is 0 Å². The van der Waals surface area contributed by atoms with Crippen LogP contribution in [0.1, 0.15) is 418 Å². The average molecular weight is 1090 g/mol. The molecule has 1 amide bonds. The van der Waals surface area contributed by atoms with Crippen LogP contribution in [0.4, 0.5) is 0 Å². The zero-order valence-electron chi connectivity index (χ0n) is 52.9. The van der Waals surface area contributed by atoms with Crippen molar-refractivity contribution < 1.29 is 20.1 Å². The normalized spacial score (nSPS) is 13.1. The van der Waals surface area contributed by atoms with E-state index in [2.05, 4.69) is 19.2 Å². The van der Waals surface area contributed by atoms with E-state index in [1.54, 1.807) is 6.08 Å². The smallest absolute Gasteiger partial charge is 0.222 e. The number of amides is 1. The van der Waals surface area contributed by atoms with E-state index >= 15 is 0 Å². The Hall–Kier alpha value is -0.910. The van der Waals surface area contributed by atoms with Crippen molar-refractivity contribution in [1.82, 2.24) is 5.32 Å². The van der Waals surface area contributed by atoms with Crippen LogP contribution in [0.25, 0.3) is 0 Å². The van der Waals surface area contributed by atoms with Crippen LogP contribution in [0, 0.1) is 0 Å². The fourth-order valence-electron chi connectivity index (χ4n) is 11.9. The molecule has 3 unspecified atom stereocenters. The Labute approximate surface area is 484 Å². The monoisotopic (exact) mass is 1090 g/mol. The molecule has 5 heteroatoms. The molecule has 0 saturated heterocycles. The Kier molecular flexibility index (Phi) is 66.8. The molecule has 0 fully saturated rings. The molecule has 0 saturated carbocycles. The Morgan fingerprint density at radius 1 is 0.325 bits per heavy atom. The Bertz CT molecular complexity index is 1110. The minimum Gasteiger partial charge on any atom is -0.394 e. The van der Waals surface area contributed by atoms with Crippen LogP contribution < -0.4 is 5.32 Å². The summed E-state index contributed by atoms with van der Waals surface area (Å²) < 4.78 is 0. The van der Waals surface area contributed by atoms with Gasteiger partial charge < -0.3 is 20.6 Å². The number of carbonyl (C=O) groups is 1. The number of allylic oxidation sites excluding steroid dienone is 1. The van der Waals surface area contributed by atoms with E-state index < -0.39 is 18.2 Å². The van der Waals surface area contributed by atoms with Crippen LogP contribution in [0.15, 0.2) is 12.2 Å². The van der Waals surface area contributed by atoms with Crippen LogP contribution in [0.5, 0.6) is 0 Å². The lowest BCUT2D eigenvalue weighted by Crippen LogP contribution is -2.45. The first kappa shape index (κ1) is 76.1. The third-order valence-corrected chi connectivity index (χ3v) is 17.3. The first-order chi connectivity index (χ1) is 38.0. The van der Waals surface area contributed by atoms with Crippen molar-refractivity contribution in [3.05, 3.63) is 12.2 Å². The molecule has 0 spiro atoms. The molecule has 0 heterocycles. The van der Waals surface area contributed by atoms with Gasteiger partial charge in [0.15, 0.2) is 0 Å². The summed E-state index contributed by atoms with van der Waals surface area (Å²) in [4.78, 5) is 12.6. The van der Waals surface area contributed by atoms with Crippen LogP contribution in [-0.4, -0.2) is 46.1 Å². The highest BCUT2D eigenvalue weighted by Crippen LogP contribution is 2.20. The van der Waals surface area contributed by atoms with Gasteiger partial charge in [0.2, 0.25) is 5.91 Å². The number of rotatable bonds is 68. The van der Waals surface area contributed by atoms with Gasteiger partial charge in [-0.3, -0.25) is 4.79 Å². The number of aliphatic hydroxyl groups is 3. The van der Waals surface area contributed by atoms with Crippen LogP contribution in [-0.2, 0) is 4.79 Å². The Morgan fingerprint density at radius 3 is 0.753 bits per heavy atom. The summed E-state index contributed by atoms with van der Waals surface area (Å²) in [6.45, 7) is 4.28. The van der Waals surface area contributed by atoms with Crippen molar-refractivity contribution in [3.63, 3.8) is 0 Å². The minimum atomic E-state index is -0.928. The number of unbranched alkanes of at least 4 members (excludes halogenated alkanes) is 59. The third-order valence-electron chi connectivity index (χ3n) is 17.3. The van der Waals surface area contributed by atoms with Gasteiger partial charge in [0.25, 0.3) is 0 Å². The summed E-state index contributed by atoms with van der Waals surface area (Å²) in [5, 5.41) is 33.7. The molecular weight excluding hydrogens is 943 g/mol. The molecule has 0 aliphatic rings. The van der Waals surface area contributed by atoms with Crippen LogP contribution in [0.3, 0.4) is 0 Å². The van der Waals surface area contributed by atoms with Gasteiger partial charge in [-0.05, 0) is 19.3 Å². The fourth-order valence-corrected chi connectivity index (χ4v) is 11.9. The van der Waals surface area contributed by atoms with E-state index in [4.69, 9.17) is 0 Å². The number of aliphatic hydroxyl groups excluding tert-OH is 3. The molecule has 5 nitrogen and oxygen atoms in total. The van der Waals surface area contributed by atoms with E-state index in [1.165, 1.54) is 366 Å². The number of carbonyl (C=O) groups excluding carboxylic acids is 1. The molecule has 0 bridgehead atoms. The van der Waals surface area contributed by atoms with Gasteiger partial charge in [-0.2, -0.15) is 0 Å². The van der Waals surface area contributed by atoms with E-state index in [9.17, 15) is 20.1 Å². The van der Waals surface area contributed by atoms with E-state index in [1.807, 2.05) is 6.08 Å². The molecule has 4 N–H and O–H groups in total. The molecule has 0 aliphatic carbocycles. The van der Waals surface area contributed by atoms with Gasteiger partial charge in [-0.25, -0.2) is 0 Å². The second kappa shape index (κ2) is 67.6. The molecule has 0 rings (SSSR count). The molecular formula is C72H143NO4. The predicted octanol–water partition coefficient (Wildman–Crippen LogP) is 23.4. The molecule has 0 aromatic rings. The number of nitrogens with one attached hydrogen (secondary N) is 1. The molecule has 460 valence electrons. The average Bonchev–Trinajstić information content (AvgIpc) is 3.43. The molecule has 77 heavy (non-hydrogen) atoms. The quantitative estimate of drug-likeness (QED) is 0.0361. The molecule has 0 aliphatic heterocycles. The highest BCUT2D eigenvalue weighted by atomic mass is 16.3. The number of hydrogen-bond acceptors (Lipinski definition) is 4. The van der Waals surface area contributed by atoms with Crippen molar-refractivity contribution in [2.75, 3.05) is 6.61 Å². The topological polar surface area (TPSA) is 89.8 Å². The second-order valence-electron chi connectivity index (χ2n) is 25.2. The van der Waals surface area contributed by atoms with Crippen LogP contribution in [0.2, 0.25) is 0 Å². The van der Waals surface area contributed by atoms with Gasteiger partial charge in [0.05, 0.1) is 31.3 Å². The van der Waals surface area contributed by atoms with Crippen molar-refractivity contribution in [1.29, 1.82) is 0 Å². The first-order valence-corrected chi connectivity index (χ1v) is 36.0. The fraction of sp³-hybridized carbons (Fsp3) is 0.958. The predicted molar refractivity (Wildman–Crippen MR) is 342 cm³/mol. The van der Waals surface area contributed by atoms with Gasteiger partial charge >= 0.3 is 0 Å². The highest BCUT2D eigenvalue weighted by molar-refractivity contribution is 5.76. The Balaban J connectivity index is 3.44. The Morgan fingerprint density at radius 2 is 0.532 bits per heavy atom. The molecule has 0 aromatic heterocycles. The zero-order valence-corrected chi connectivity index (χ0v) is 52.9. The molecule has 0 radical (unpaired) electrons. The highest BCUT2D eigenvalue weighted by Gasteiger charge is 2.20. The largest absolute Gasteiger partial charge is 0.394 e. The van der Waals surface area contributed by atoms with E-state index in [0.717, 1.165) is 25.7 Å². The van der Waals surface area contributed by atoms with E-state index in [-0.39, 0.29) is 18.9 Å². The van der Waals surface area contributed by atoms with Gasteiger partial charge in [-0.1, -0.05) is 405 Å². The van der Waals surface area contributed by atoms with Crippen molar-refractivity contribution in [2.24, 2.45) is 0 Å². The summed E-state index contributed by atoms with van der Waals surface area (Å²) in [5.41, 5.74) is 0.